The lowest BCUT2D eigenvalue weighted by molar-refractivity contribution is -0.141. The molecule has 1 atom stereocenters. The van der Waals surface area contributed by atoms with E-state index in [0.29, 0.717) is 25.3 Å². The van der Waals surface area contributed by atoms with Crippen LogP contribution in [0.2, 0.25) is 0 Å². The van der Waals surface area contributed by atoms with Crippen LogP contribution in [0.15, 0.2) is 30.6 Å². The number of nitrogens with zero attached hydrogens (tertiary/aromatic N) is 5. The van der Waals surface area contributed by atoms with Crippen molar-refractivity contribution in [2.45, 2.75) is 18.6 Å². The van der Waals surface area contributed by atoms with Gasteiger partial charge in [0, 0.05) is 37.6 Å². The summed E-state index contributed by atoms with van der Waals surface area (Å²) in [6.07, 6.45) is -0.536. The molecular formula is C15H14F3N7O. The summed E-state index contributed by atoms with van der Waals surface area (Å²) in [6.45, 7) is 0.786. The zero-order valence-electron chi connectivity index (χ0n) is 13.4. The van der Waals surface area contributed by atoms with Crippen LogP contribution in [0.25, 0.3) is 5.65 Å². The minimum absolute atomic E-state index is 0.0477. The number of H-pyrrole nitrogens is 1. The first kappa shape index (κ1) is 16.4. The number of fused-ring (bicyclic) bond motifs is 1. The lowest BCUT2D eigenvalue weighted by Crippen LogP contribution is -2.32. The van der Waals surface area contributed by atoms with Crippen molar-refractivity contribution in [3.63, 3.8) is 0 Å². The molecule has 4 rings (SSSR count). The third kappa shape index (κ3) is 3.07. The Balaban J connectivity index is 1.41. The van der Waals surface area contributed by atoms with Crippen molar-refractivity contribution in [3.05, 3.63) is 42.0 Å². The fourth-order valence-corrected chi connectivity index (χ4v) is 2.90. The van der Waals surface area contributed by atoms with Gasteiger partial charge in [0.1, 0.15) is 11.5 Å². The monoisotopic (exact) mass is 365 g/mol. The lowest BCUT2D eigenvalue weighted by Gasteiger charge is -2.16. The van der Waals surface area contributed by atoms with Gasteiger partial charge in [-0.2, -0.15) is 18.3 Å². The maximum atomic E-state index is 12.6. The van der Waals surface area contributed by atoms with Crippen LogP contribution in [0.5, 0.6) is 0 Å². The van der Waals surface area contributed by atoms with E-state index >= 15 is 0 Å². The number of anilines is 1. The zero-order valence-corrected chi connectivity index (χ0v) is 13.4. The minimum Gasteiger partial charge on any atom is -0.364 e. The van der Waals surface area contributed by atoms with Gasteiger partial charge in [-0.1, -0.05) is 0 Å². The second-order valence-corrected chi connectivity index (χ2v) is 5.99. The highest BCUT2D eigenvalue weighted by Gasteiger charge is 2.35. The molecule has 4 heterocycles. The van der Waals surface area contributed by atoms with Crippen LogP contribution in [0.1, 0.15) is 22.6 Å². The van der Waals surface area contributed by atoms with Crippen molar-refractivity contribution in [2.75, 3.05) is 18.4 Å². The summed E-state index contributed by atoms with van der Waals surface area (Å²) in [5.74, 6) is 0.105. The number of alkyl halides is 3. The van der Waals surface area contributed by atoms with Gasteiger partial charge in [0.25, 0.3) is 5.91 Å². The van der Waals surface area contributed by atoms with Gasteiger partial charge in [-0.25, -0.2) is 9.50 Å². The lowest BCUT2D eigenvalue weighted by atomic mass is 10.2. The van der Waals surface area contributed by atoms with Crippen LogP contribution in [-0.2, 0) is 6.18 Å². The SMILES string of the molecule is O=C(c1cc(C(F)(F)F)[nH]n1)N1CCC(Nc2ccc3nccn3n2)C1. The number of aromatic nitrogens is 5. The maximum Gasteiger partial charge on any atom is 0.432 e. The molecule has 0 spiro atoms. The highest BCUT2D eigenvalue weighted by molar-refractivity contribution is 5.92. The number of rotatable bonds is 3. The van der Waals surface area contributed by atoms with Crippen LogP contribution in [0.3, 0.4) is 0 Å². The molecule has 11 heteroatoms. The van der Waals surface area contributed by atoms with Gasteiger partial charge < -0.3 is 10.2 Å². The van der Waals surface area contributed by atoms with E-state index in [9.17, 15) is 18.0 Å². The number of carbonyl (C=O) groups is 1. The third-order valence-electron chi connectivity index (χ3n) is 4.18. The number of hydrogen-bond donors (Lipinski definition) is 2. The van der Waals surface area contributed by atoms with Crippen molar-refractivity contribution in [1.29, 1.82) is 0 Å². The second-order valence-electron chi connectivity index (χ2n) is 5.99. The molecule has 26 heavy (non-hydrogen) atoms. The molecule has 1 aliphatic heterocycles. The summed E-state index contributed by atoms with van der Waals surface area (Å²) >= 11 is 0. The molecule has 1 saturated heterocycles. The molecule has 0 radical (unpaired) electrons. The summed E-state index contributed by atoms with van der Waals surface area (Å²) < 4.78 is 39.5. The summed E-state index contributed by atoms with van der Waals surface area (Å²) in [5.41, 5.74) is -0.554. The Morgan fingerprint density at radius 1 is 1.35 bits per heavy atom. The van der Waals surface area contributed by atoms with Crippen LogP contribution in [0.4, 0.5) is 19.0 Å². The van der Waals surface area contributed by atoms with Crippen molar-refractivity contribution in [3.8, 4) is 0 Å². The number of halogens is 3. The Bertz CT molecular complexity index is 948. The van der Waals surface area contributed by atoms with Gasteiger partial charge in [0.15, 0.2) is 11.3 Å². The summed E-state index contributed by atoms with van der Waals surface area (Å²) in [6, 6.07) is 4.29. The van der Waals surface area contributed by atoms with Gasteiger partial charge in [-0.05, 0) is 18.6 Å². The highest BCUT2D eigenvalue weighted by Crippen LogP contribution is 2.28. The van der Waals surface area contributed by atoms with Crippen LogP contribution >= 0.6 is 0 Å². The van der Waals surface area contributed by atoms with Crippen LogP contribution < -0.4 is 5.32 Å². The molecule has 0 aliphatic carbocycles. The van der Waals surface area contributed by atoms with E-state index in [0.717, 1.165) is 11.7 Å². The fraction of sp³-hybridized carbons (Fsp3) is 0.333. The predicted octanol–water partition coefficient (Wildman–Crippen LogP) is 1.80. The Kier molecular flexibility index (Phi) is 3.78. The maximum absolute atomic E-state index is 12.6. The molecule has 1 aliphatic rings. The molecule has 1 amide bonds. The quantitative estimate of drug-likeness (QED) is 0.739. The average Bonchev–Trinajstić information content (AvgIpc) is 3.33. The summed E-state index contributed by atoms with van der Waals surface area (Å²) in [5, 5.41) is 12.9. The minimum atomic E-state index is -4.56. The van der Waals surface area contributed by atoms with Gasteiger partial charge in [-0.3, -0.25) is 9.89 Å². The number of likely N-dealkylation sites (tertiary alicyclic amines) is 1. The van der Waals surface area contributed by atoms with Gasteiger partial charge >= 0.3 is 6.18 Å². The summed E-state index contributed by atoms with van der Waals surface area (Å²) in [7, 11) is 0. The Hall–Kier alpha value is -3.11. The number of nitrogens with one attached hydrogen (secondary N) is 2. The van der Waals surface area contributed by atoms with Crippen LogP contribution in [-0.4, -0.2) is 54.7 Å². The average molecular weight is 365 g/mol. The van der Waals surface area contributed by atoms with Crippen molar-refractivity contribution >= 4 is 17.4 Å². The molecule has 3 aromatic rings. The zero-order chi connectivity index (χ0) is 18.3. The smallest absolute Gasteiger partial charge is 0.364 e. The molecule has 3 aromatic heterocycles. The molecule has 0 saturated carbocycles. The van der Waals surface area contributed by atoms with E-state index in [1.54, 1.807) is 23.0 Å². The van der Waals surface area contributed by atoms with Gasteiger partial charge in [0.05, 0.1) is 0 Å². The normalized spacial score (nSPS) is 17.8. The first-order valence-electron chi connectivity index (χ1n) is 7.89. The largest absolute Gasteiger partial charge is 0.432 e. The van der Waals surface area contributed by atoms with Crippen molar-refractivity contribution in [2.24, 2.45) is 0 Å². The molecule has 136 valence electrons. The Labute approximate surface area is 145 Å². The predicted molar refractivity (Wildman–Crippen MR) is 84.5 cm³/mol. The first-order valence-corrected chi connectivity index (χ1v) is 7.89. The standard InChI is InChI=1S/C15H14F3N7O/c16-15(17,18)11-7-10(21-22-11)14(26)24-5-3-9(8-24)20-12-1-2-13-19-4-6-25(13)23-12/h1-2,4,6-7,9H,3,5,8H2,(H,20,23)(H,21,22). The second kappa shape index (κ2) is 6.00. The van der Waals surface area contributed by atoms with Crippen LogP contribution in [0, 0.1) is 0 Å². The fourth-order valence-electron chi connectivity index (χ4n) is 2.90. The number of amides is 1. The Morgan fingerprint density at radius 2 is 2.19 bits per heavy atom. The highest BCUT2D eigenvalue weighted by atomic mass is 19.4. The summed E-state index contributed by atoms with van der Waals surface area (Å²) in [4.78, 5) is 17.9. The van der Waals surface area contributed by atoms with E-state index in [4.69, 9.17) is 0 Å². The first-order chi connectivity index (χ1) is 12.4. The molecule has 2 N–H and O–H groups in total. The van der Waals surface area contributed by atoms with Gasteiger partial charge in [-0.15, -0.1) is 5.10 Å². The molecular weight excluding hydrogens is 351 g/mol. The molecule has 8 nitrogen and oxygen atoms in total. The van der Waals surface area contributed by atoms with Crippen molar-refractivity contribution < 1.29 is 18.0 Å². The number of imidazole rings is 1. The number of hydrogen-bond acceptors (Lipinski definition) is 5. The van der Waals surface area contributed by atoms with Gasteiger partial charge in [0.2, 0.25) is 0 Å². The van der Waals surface area contributed by atoms with E-state index in [1.807, 2.05) is 11.2 Å². The van der Waals surface area contributed by atoms with E-state index in [2.05, 4.69) is 20.5 Å². The molecule has 0 bridgehead atoms. The number of aromatic amines is 1. The number of carbonyl (C=O) groups excluding carboxylic acids is 1. The van der Waals surface area contributed by atoms with Crippen molar-refractivity contribution in [1.82, 2.24) is 29.7 Å². The van der Waals surface area contributed by atoms with E-state index < -0.39 is 17.8 Å². The third-order valence-corrected chi connectivity index (χ3v) is 4.18. The van der Waals surface area contributed by atoms with E-state index in [-0.39, 0.29) is 11.7 Å². The van der Waals surface area contributed by atoms with E-state index in [1.165, 1.54) is 4.90 Å². The Morgan fingerprint density at radius 3 is 2.96 bits per heavy atom. The molecule has 1 fully saturated rings. The molecule has 1 unspecified atom stereocenters. The molecule has 0 aromatic carbocycles. The topological polar surface area (TPSA) is 91.2 Å².